The molecule has 178 valence electrons. The Bertz CT molecular complexity index is 1270. The second kappa shape index (κ2) is 10.8. The Hall–Kier alpha value is -3.30. The highest BCUT2D eigenvalue weighted by molar-refractivity contribution is 8.13. The minimum absolute atomic E-state index is 0.0343. The zero-order valence-electron chi connectivity index (χ0n) is 18.8. The molecule has 1 amide bonds. The van der Waals surface area contributed by atoms with Crippen LogP contribution in [-0.2, 0) is 20.8 Å². The van der Waals surface area contributed by atoms with Crippen LogP contribution in [-0.4, -0.2) is 51.5 Å². The molecule has 1 atom stereocenters. The fourth-order valence-electron chi connectivity index (χ4n) is 3.59. The molecule has 0 aliphatic carbocycles. The molecule has 0 aliphatic rings. The van der Waals surface area contributed by atoms with Crippen LogP contribution in [0.3, 0.4) is 0 Å². The van der Waals surface area contributed by atoms with E-state index in [2.05, 4.69) is 5.32 Å². The fourth-order valence-corrected chi connectivity index (χ4v) is 4.54. The number of carboxylic acid groups (broad SMARTS) is 1. The van der Waals surface area contributed by atoms with Gasteiger partial charge in [0.2, 0.25) is 5.91 Å². The summed E-state index contributed by atoms with van der Waals surface area (Å²) in [6.45, 7) is 2.97. The lowest BCUT2D eigenvalue weighted by Crippen LogP contribution is -2.41. The van der Waals surface area contributed by atoms with Crippen LogP contribution < -0.4 is 10.1 Å². The number of hydrogen-bond donors (Lipinski definition) is 2. The number of hydrogen-bond acceptors (Lipinski definition) is 6. The summed E-state index contributed by atoms with van der Waals surface area (Å²) >= 11 is 6.77. The first-order valence-electron chi connectivity index (χ1n) is 10.3. The average Bonchev–Trinajstić information content (AvgIpc) is 3.06. The van der Waals surface area contributed by atoms with E-state index in [1.54, 1.807) is 54.0 Å². The Morgan fingerprint density at radius 1 is 1.15 bits per heavy atom. The third kappa shape index (κ3) is 5.60. The van der Waals surface area contributed by atoms with E-state index in [0.29, 0.717) is 38.5 Å². The van der Waals surface area contributed by atoms with E-state index < -0.39 is 17.9 Å². The Morgan fingerprint density at radius 3 is 2.41 bits per heavy atom. The lowest BCUT2D eigenvalue weighted by atomic mass is 10.1. The molecule has 3 rings (SSSR count). The zero-order valence-corrected chi connectivity index (χ0v) is 20.3. The SMILES string of the molecule is COc1ccc2c(c1)c(CC(=O)SC[C@@H](NC(C)=O)C(=O)O)c(C)n2C(=O)c1ccc(Cl)cc1. The molecule has 34 heavy (non-hydrogen) atoms. The normalized spacial score (nSPS) is 11.8. The Labute approximate surface area is 205 Å². The Balaban J connectivity index is 1.95. The molecule has 0 saturated carbocycles. The standard InChI is InChI=1S/C24H23ClN2O6S/c1-13-18(11-22(29)34-12-20(24(31)32)26-14(2)28)19-10-17(33-3)8-9-21(19)27(13)23(30)15-4-6-16(25)7-5-15/h4-10,20H,11-12H2,1-3H3,(H,26,28)(H,31,32)/t20-/m1/s1. The number of fused-ring (bicyclic) bond motifs is 1. The maximum absolute atomic E-state index is 13.3. The van der Waals surface area contributed by atoms with Crippen molar-refractivity contribution in [1.82, 2.24) is 9.88 Å². The molecule has 10 heteroatoms. The van der Waals surface area contributed by atoms with Crippen LogP contribution in [0, 0.1) is 6.92 Å². The second-order valence-electron chi connectivity index (χ2n) is 7.55. The van der Waals surface area contributed by atoms with Crippen molar-refractivity contribution < 1.29 is 29.0 Å². The molecule has 3 aromatic rings. The number of carbonyl (C=O) groups is 4. The lowest BCUT2D eigenvalue weighted by molar-refractivity contribution is -0.140. The zero-order chi connectivity index (χ0) is 25.0. The molecule has 1 aromatic heterocycles. The van der Waals surface area contributed by atoms with Gasteiger partial charge in [-0.15, -0.1) is 0 Å². The van der Waals surface area contributed by atoms with Crippen LogP contribution in [0.5, 0.6) is 5.75 Å². The van der Waals surface area contributed by atoms with Crippen molar-refractivity contribution in [3.05, 3.63) is 64.3 Å². The number of rotatable bonds is 8. The lowest BCUT2D eigenvalue weighted by Gasteiger charge is -2.12. The Morgan fingerprint density at radius 2 is 1.82 bits per heavy atom. The van der Waals surface area contributed by atoms with Gasteiger partial charge in [-0.3, -0.25) is 19.0 Å². The van der Waals surface area contributed by atoms with Crippen molar-refractivity contribution >= 4 is 57.2 Å². The number of benzene rings is 2. The van der Waals surface area contributed by atoms with E-state index in [0.717, 1.165) is 11.8 Å². The molecule has 0 radical (unpaired) electrons. The minimum Gasteiger partial charge on any atom is -0.497 e. The van der Waals surface area contributed by atoms with E-state index in [-0.39, 0.29) is 23.2 Å². The molecule has 0 spiro atoms. The van der Waals surface area contributed by atoms with Gasteiger partial charge in [0.1, 0.15) is 11.8 Å². The number of nitrogens with one attached hydrogen (secondary N) is 1. The number of halogens is 1. The summed E-state index contributed by atoms with van der Waals surface area (Å²) in [6, 6.07) is 10.6. The summed E-state index contributed by atoms with van der Waals surface area (Å²) in [5, 5.41) is 12.5. The van der Waals surface area contributed by atoms with Crippen molar-refractivity contribution in [1.29, 1.82) is 0 Å². The van der Waals surface area contributed by atoms with Crippen LogP contribution in [0.25, 0.3) is 10.9 Å². The maximum atomic E-state index is 13.3. The van der Waals surface area contributed by atoms with E-state index in [9.17, 15) is 24.3 Å². The van der Waals surface area contributed by atoms with E-state index >= 15 is 0 Å². The maximum Gasteiger partial charge on any atom is 0.327 e. The van der Waals surface area contributed by atoms with Gasteiger partial charge in [0.15, 0.2) is 5.12 Å². The summed E-state index contributed by atoms with van der Waals surface area (Å²) in [5.41, 5.74) is 2.29. The average molecular weight is 503 g/mol. The van der Waals surface area contributed by atoms with Crippen LogP contribution in [0.4, 0.5) is 0 Å². The molecule has 2 aromatic carbocycles. The second-order valence-corrected chi connectivity index (χ2v) is 9.06. The molecule has 2 N–H and O–H groups in total. The van der Waals surface area contributed by atoms with Gasteiger partial charge >= 0.3 is 5.97 Å². The van der Waals surface area contributed by atoms with Gasteiger partial charge in [-0.05, 0) is 55.0 Å². The van der Waals surface area contributed by atoms with Gasteiger partial charge in [-0.1, -0.05) is 23.4 Å². The molecular formula is C24H23ClN2O6S. The molecule has 0 bridgehead atoms. The molecule has 0 aliphatic heterocycles. The third-order valence-electron chi connectivity index (χ3n) is 5.24. The van der Waals surface area contributed by atoms with Crippen LogP contribution >= 0.6 is 23.4 Å². The highest BCUT2D eigenvalue weighted by Crippen LogP contribution is 2.31. The quantitative estimate of drug-likeness (QED) is 0.482. The molecule has 0 fully saturated rings. The number of amides is 1. The number of aromatic nitrogens is 1. The van der Waals surface area contributed by atoms with Gasteiger partial charge < -0.3 is 15.2 Å². The van der Waals surface area contributed by atoms with E-state index in [1.165, 1.54) is 14.0 Å². The summed E-state index contributed by atoms with van der Waals surface area (Å²) in [5.74, 6) is -1.53. The highest BCUT2D eigenvalue weighted by atomic mass is 35.5. The van der Waals surface area contributed by atoms with E-state index in [4.69, 9.17) is 16.3 Å². The predicted octanol–water partition coefficient (Wildman–Crippen LogP) is 3.69. The number of methoxy groups -OCH3 is 1. The molecule has 8 nitrogen and oxygen atoms in total. The van der Waals surface area contributed by atoms with Crippen molar-refractivity contribution in [3.63, 3.8) is 0 Å². The number of ether oxygens (including phenoxy) is 1. The first-order valence-corrected chi connectivity index (χ1v) is 11.6. The Kier molecular flexibility index (Phi) is 8.01. The molecule has 0 unspecified atom stereocenters. The first-order chi connectivity index (χ1) is 16.1. The topological polar surface area (TPSA) is 115 Å². The molecular weight excluding hydrogens is 480 g/mol. The number of aliphatic carboxylic acids is 1. The van der Waals surface area contributed by atoms with Crippen molar-refractivity contribution in [3.8, 4) is 5.75 Å². The van der Waals surface area contributed by atoms with Gasteiger partial charge in [-0.25, -0.2) is 4.79 Å². The van der Waals surface area contributed by atoms with Gasteiger partial charge in [0, 0.05) is 40.8 Å². The third-order valence-corrected chi connectivity index (χ3v) is 6.46. The summed E-state index contributed by atoms with van der Waals surface area (Å²) in [7, 11) is 1.53. The molecule has 0 saturated heterocycles. The summed E-state index contributed by atoms with van der Waals surface area (Å²) < 4.78 is 6.87. The monoisotopic (exact) mass is 502 g/mol. The van der Waals surface area contributed by atoms with Crippen molar-refractivity contribution in [2.75, 3.05) is 12.9 Å². The molecule has 1 heterocycles. The first kappa shape index (κ1) is 25.3. The summed E-state index contributed by atoms with van der Waals surface area (Å²) in [4.78, 5) is 48.7. The van der Waals surface area contributed by atoms with Crippen molar-refractivity contribution in [2.24, 2.45) is 0 Å². The number of carboxylic acids is 1. The predicted molar refractivity (Wildman–Crippen MR) is 131 cm³/mol. The minimum atomic E-state index is -1.22. The van der Waals surface area contributed by atoms with Gasteiger partial charge in [0.25, 0.3) is 5.91 Å². The van der Waals surface area contributed by atoms with Gasteiger partial charge in [-0.2, -0.15) is 0 Å². The van der Waals surface area contributed by atoms with Crippen LogP contribution in [0.1, 0.15) is 28.5 Å². The van der Waals surface area contributed by atoms with Crippen molar-refractivity contribution in [2.45, 2.75) is 26.3 Å². The number of thioether (sulfide) groups is 1. The highest BCUT2D eigenvalue weighted by Gasteiger charge is 2.24. The smallest absolute Gasteiger partial charge is 0.327 e. The number of carbonyl (C=O) groups excluding carboxylic acids is 3. The van der Waals surface area contributed by atoms with Gasteiger partial charge in [0.05, 0.1) is 12.6 Å². The van der Waals surface area contributed by atoms with Crippen LogP contribution in [0.15, 0.2) is 42.5 Å². The number of nitrogens with zero attached hydrogens (tertiary/aromatic N) is 1. The summed E-state index contributed by atoms with van der Waals surface area (Å²) in [6.07, 6.45) is -0.0343. The van der Waals surface area contributed by atoms with Crippen LogP contribution in [0.2, 0.25) is 5.02 Å². The largest absolute Gasteiger partial charge is 0.497 e. The fraction of sp³-hybridized carbons (Fsp3) is 0.250. The van der Waals surface area contributed by atoms with E-state index in [1.807, 2.05) is 0 Å².